The lowest BCUT2D eigenvalue weighted by atomic mass is 9.85. The molecule has 1 N–H and O–H groups in total. The van der Waals surface area contributed by atoms with Crippen LogP contribution in [0.2, 0.25) is 0 Å². The predicted molar refractivity (Wildman–Crippen MR) is 124 cm³/mol. The van der Waals surface area contributed by atoms with E-state index >= 15 is 0 Å². The Balaban J connectivity index is 1.91. The van der Waals surface area contributed by atoms with Crippen LogP contribution in [0.5, 0.6) is 0 Å². The standard InChI is InChI=1S/C28H30O2/c1-17(2)12-21-14-20(15-22(13-18(3)4)27(21)28(29)30)24-10-7-11-25-23-9-6-5-8-19(23)16-26(24)25/h5-11,14-15,17-18H,12-13,16H2,1-4H3,(H,29,30). The summed E-state index contributed by atoms with van der Waals surface area (Å²) >= 11 is 0. The molecule has 154 valence electrons. The van der Waals surface area contributed by atoms with Crippen LogP contribution >= 0.6 is 0 Å². The number of carboxylic acid groups (broad SMARTS) is 1. The van der Waals surface area contributed by atoms with E-state index in [0.717, 1.165) is 36.0 Å². The molecule has 1 aliphatic carbocycles. The Bertz CT molecular complexity index is 1070. The summed E-state index contributed by atoms with van der Waals surface area (Å²) < 4.78 is 0. The number of fused-ring (bicyclic) bond motifs is 3. The highest BCUT2D eigenvalue weighted by Gasteiger charge is 2.24. The van der Waals surface area contributed by atoms with Crippen LogP contribution in [-0.2, 0) is 19.3 Å². The lowest BCUT2D eigenvalue weighted by molar-refractivity contribution is 0.0694. The molecule has 0 saturated carbocycles. The Morgan fingerprint density at radius 1 is 0.833 bits per heavy atom. The maximum absolute atomic E-state index is 12.2. The summed E-state index contributed by atoms with van der Waals surface area (Å²) in [5.74, 6) is -0.00877. The van der Waals surface area contributed by atoms with Gasteiger partial charge in [-0.2, -0.15) is 0 Å². The third-order valence-electron chi connectivity index (χ3n) is 5.93. The average Bonchev–Trinajstić information content (AvgIpc) is 3.05. The molecule has 0 unspecified atom stereocenters. The lowest BCUT2D eigenvalue weighted by Gasteiger charge is -2.19. The summed E-state index contributed by atoms with van der Waals surface area (Å²) in [7, 11) is 0. The summed E-state index contributed by atoms with van der Waals surface area (Å²) in [6.07, 6.45) is 2.48. The molecular formula is C28H30O2. The molecule has 0 spiro atoms. The van der Waals surface area contributed by atoms with Crippen molar-refractivity contribution < 1.29 is 9.90 Å². The monoisotopic (exact) mass is 398 g/mol. The van der Waals surface area contributed by atoms with E-state index in [1.165, 1.54) is 27.8 Å². The third kappa shape index (κ3) is 3.79. The first-order valence-corrected chi connectivity index (χ1v) is 10.9. The molecule has 0 amide bonds. The van der Waals surface area contributed by atoms with E-state index in [-0.39, 0.29) is 0 Å². The Kier molecular flexibility index (Phi) is 5.51. The van der Waals surface area contributed by atoms with E-state index in [2.05, 4.69) is 82.3 Å². The molecule has 3 aromatic carbocycles. The number of benzene rings is 3. The summed E-state index contributed by atoms with van der Waals surface area (Å²) in [4.78, 5) is 12.2. The average molecular weight is 399 g/mol. The van der Waals surface area contributed by atoms with Crippen LogP contribution < -0.4 is 0 Å². The number of hydrogen-bond donors (Lipinski definition) is 1. The Morgan fingerprint density at radius 2 is 1.40 bits per heavy atom. The number of carboxylic acids is 1. The highest BCUT2D eigenvalue weighted by Crippen LogP contribution is 2.42. The zero-order valence-corrected chi connectivity index (χ0v) is 18.3. The zero-order valence-electron chi connectivity index (χ0n) is 18.3. The molecule has 0 aliphatic heterocycles. The van der Waals surface area contributed by atoms with Gasteiger partial charge >= 0.3 is 5.97 Å². The van der Waals surface area contributed by atoms with Gasteiger partial charge < -0.3 is 5.11 Å². The van der Waals surface area contributed by atoms with Crippen LogP contribution in [0.3, 0.4) is 0 Å². The van der Waals surface area contributed by atoms with Crippen LogP contribution in [0.4, 0.5) is 0 Å². The second-order valence-corrected chi connectivity index (χ2v) is 9.34. The van der Waals surface area contributed by atoms with Crippen molar-refractivity contribution in [2.24, 2.45) is 11.8 Å². The lowest BCUT2D eigenvalue weighted by Crippen LogP contribution is -2.12. The SMILES string of the molecule is CC(C)Cc1cc(-c2cccc3c2Cc2ccccc2-3)cc(CC(C)C)c1C(=O)O. The van der Waals surface area contributed by atoms with E-state index in [4.69, 9.17) is 0 Å². The van der Waals surface area contributed by atoms with Crippen LogP contribution in [0.1, 0.15) is 60.3 Å². The quantitative estimate of drug-likeness (QED) is 0.379. The number of aromatic carboxylic acids is 1. The predicted octanol–water partition coefficient (Wildman–Crippen LogP) is 7.02. The van der Waals surface area contributed by atoms with Crippen molar-refractivity contribution in [3.8, 4) is 22.3 Å². The van der Waals surface area contributed by atoms with Crippen LogP contribution in [0.25, 0.3) is 22.3 Å². The molecule has 0 fully saturated rings. The first-order valence-electron chi connectivity index (χ1n) is 10.9. The van der Waals surface area contributed by atoms with E-state index in [0.29, 0.717) is 17.4 Å². The number of rotatable bonds is 6. The van der Waals surface area contributed by atoms with Crippen molar-refractivity contribution in [1.82, 2.24) is 0 Å². The number of carbonyl (C=O) groups is 1. The van der Waals surface area contributed by atoms with Gasteiger partial charge in [-0.15, -0.1) is 0 Å². The largest absolute Gasteiger partial charge is 0.478 e. The van der Waals surface area contributed by atoms with Crippen molar-refractivity contribution in [1.29, 1.82) is 0 Å². The highest BCUT2D eigenvalue weighted by atomic mass is 16.4. The van der Waals surface area contributed by atoms with Gasteiger partial charge in [-0.05, 0) is 75.6 Å². The molecular weight excluding hydrogens is 368 g/mol. The third-order valence-corrected chi connectivity index (χ3v) is 5.93. The Morgan fingerprint density at radius 3 is 2.00 bits per heavy atom. The van der Waals surface area contributed by atoms with Crippen molar-refractivity contribution in [2.45, 2.75) is 47.0 Å². The molecule has 1 aliphatic rings. The van der Waals surface area contributed by atoms with E-state index < -0.39 is 5.97 Å². The molecule has 0 aromatic heterocycles. The van der Waals surface area contributed by atoms with Crippen LogP contribution in [0.15, 0.2) is 54.6 Å². The van der Waals surface area contributed by atoms with Crippen molar-refractivity contribution in [3.63, 3.8) is 0 Å². The van der Waals surface area contributed by atoms with Gasteiger partial charge in [0.15, 0.2) is 0 Å². The van der Waals surface area contributed by atoms with Crippen molar-refractivity contribution in [2.75, 3.05) is 0 Å². The minimum atomic E-state index is -0.807. The van der Waals surface area contributed by atoms with Crippen molar-refractivity contribution >= 4 is 5.97 Å². The maximum atomic E-state index is 12.2. The second kappa shape index (κ2) is 8.10. The Hall–Kier alpha value is -2.87. The first-order chi connectivity index (χ1) is 14.3. The molecule has 2 heteroatoms. The van der Waals surface area contributed by atoms with Crippen LogP contribution in [0, 0.1) is 11.8 Å². The smallest absolute Gasteiger partial charge is 0.336 e. The fraction of sp³-hybridized carbons (Fsp3) is 0.321. The van der Waals surface area contributed by atoms with Crippen molar-refractivity contribution in [3.05, 3.63) is 82.4 Å². The zero-order chi connectivity index (χ0) is 21.4. The van der Waals surface area contributed by atoms with Gasteiger partial charge in [0.2, 0.25) is 0 Å². The van der Waals surface area contributed by atoms with Gasteiger partial charge in [-0.3, -0.25) is 0 Å². The molecule has 30 heavy (non-hydrogen) atoms. The van der Waals surface area contributed by atoms with Gasteiger partial charge in [-0.1, -0.05) is 82.3 Å². The fourth-order valence-electron chi connectivity index (χ4n) is 4.83. The fourth-order valence-corrected chi connectivity index (χ4v) is 4.83. The van der Waals surface area contributed by atoms with E-state index in [9.17, 15) is 9.90 Å². The van der Waals surface area contributed by atoms with Crippen LogP contribution in [-0.4, -0.2) is 11.1 Å². The van der Waals surface area contributed by atoms with Gasteiger partial charge in [0, 0.05) is 0 Å². The molecule has 0 saturated heterocycles. The number of hydrogen-bond acceptors (Lipinski definition) is 1. The van der Waals surface area contributed by atoms with Gasteiger partial charge in [0.25, 0.3) is 0 Å². The maximum Gasteiger partial charge on any atom is 0.336 e. The molecule has 0 bridgehead atoms. The van der Waals surface area contributed by atoms with Gasteiger partial charge in [-0.25, -0.2) is 4.79 Å². The topological polar surface area (TPSA) is 37.3 Å². The Labute approximate surface area is 179 Å². The minimum Gasteiger partial charge on any atom is -0.478 e. The molecule has 0 heterocycles. The molecule has 3 aromatic rings. The second-order valence-electron chi connectivity index (χ2n) is 9.34. The molecule has 4 rings (SSSR count). The summed E-state index contributed by atoms with van der Waals surface area (Å²) in [5, 5.41) is 10.0. The summed E-state index contributed by atoms with van der Waals surface area (Å²) in [6.45, 7) is 8.60. The highest BCUT2D eigenvalue weighted by molar-refractivity contribution is 5.93. The summed E-state index contributed by atoms with van der Waals surface area (Å²) in [6, 6.07) is 19.4. The first kappa shape index (κ1) is 20.4. The van der Waals surface area contributed by atoms with Gasteiger partial charge in [0.05, 0.1) is 5.56 Å². The molecule has 0 radical (unpaired) electrons. The molecule has 2 nitrogen and oxygen atoms in total. The summed E-state index contributed by atoms with van der Waals surface area (Å²) in [5.41, 5.74) is 10.2. The molecule has 0 atom stereocenters. The van der Waals surface area contributed by atoms with Gasteiger partial charge in [0.1, 0.15) is 0 Å². The van der Waals surface area contributed by atoms with E-state index in [1.807, 2.05) is 0 Å². The normalized spacial score (nSPS) is 12.3. The van der Waals surface area contributed by atoms with E-state index in [1.54, 1.807) is 0 Å². The minimum absolute atomic E-state index is 0.399.